The summed E-state index contributed by atoms with van der Waals surface area (Å²) in [7, 11) is 0. The third-order valence-corrected chi connectivity index (χ3v) is 3.53. The van der Waals surface area contributed by atoms with E-state index in [9.17, 15) is 24.8 Å². The first-order valence-electron chi connectivity index (χ1n) is 7.72. The van der Waals surface area contributed by atoms with Gasteiger partial charge in [-0.25, -0.2) is 0 Å². The number of hydrogen-bond acceptors (Lipinski definition) is 6. The van der Waals surface area contributed by atoms with Crippen molar-refractivity contribution in [2.75, 3.05) is 6.61 Å². The van der Waals surface area contributed by atoms with E-state index in [4.69, 9.17) is 4.74 Å². The summed E-state index contributed by atoms with van der Waals surface area (Å²) in [6.45, 7) is 2.14. The Bertz CT molecular complexity index is 807. The Kier molecular flexibility index (Phi) is 8.44. The monoisotopic (exact) mass is 365 g/mol. The fraction of sp³-hybridized carbons (Fsp3) is 0.222. The number of hydrogen-bond donors (Lipinski definition) is 0. The molecule has 0 aromatic heterocycles. The maximum atomic E-state index is 12.8. The number of benzene rings is 2. The van der Waals surface area contributed by atoms with Crippen LogP contribution in [0.4, 0.5) is 5.69 Å². The van der Waals surface area contributed by atoms with E-state index in [-0.39, 0.29) is 53.0 Å². The van der Waals surface area contributed by atoms with Crippen LogP contribution in [0, 0.1) is 10.1 Å². The minimum atomic E-state index is -1.58. The SMILES string of the molecule is CCCCOc1cc(C(=O)[O-])cc([N+](=O)[O-])c1C(=O)c1ccccc1.[Na+]. The van der Waals surface area contributed by atoms with Gasteiger partial charge in [-0.3, -0.25) is 14.9 Å². The molecular weight excluding hydrogens is 349 g/mol. The standard InChI is InChI=1S/C18H17NO6.Na/c1-2-3-9-25-15-11-13(18(21)22)10-14(19(23)24)16(15)17(20)12-7-5-4-6-8-12;/h4-8,10-11H,2-3,9H2,1H3,(H,21,22);/q;+1/p-1. The smallest absolute Gasteiger partial charge is 0.545 e. The van der Waals surface area contributed by atoms with E-state index in [1.165, 1.54) is 12.1 Å². The van der Waals surface area contributed by atoms with Crippen LogP contribution in [0.5, 0.6) is 5.75 Å². The van der Waals surface area contributed by atoms with Crippen LogP contribution in [0.3, 0.4) is 0 Å². The summed E-state index contributed by atoms with van der Waals surface area (Å²) in [5.41, 5.74) is -1.06. The largest absolute Gasteiger partial charge is 1.00 e. The maximum Gasteiger partial charge on any atom is 1.00 e. The van der Waals surface area contributed by atoms with Gasteiger partial charge in [0.05, 0.1) is 17.5 Å². The summed E-state index contributed by atoms with van der Waals surface area (Å²) in [6.07, 6.45) is 1.46. The molecule has 2 aromatic rings. The van der Waals surface area contributed by atoms with Crippen molar-refractivity contribution in [3.05, 3.63) is 69.3 Å². The zero-order chi connectivity index (χ0) is 18.4. The number of ether oxygens (including phenoxy) is 1. The van der Waals surface area contributed by atoms with Gasteiger partial charge in [-0.15, -0.1) is 0 Å². The number of nitrogens with zero attached hydrogens (tertiary/aromatic N) is 1. The quantitative estimate of drug-likeness (QED) is 0.203. The molecule has 0 atom stereocenters. The van der Waals surface area contributed by atoms with Crippen molar-refractivity contribution in [1.82, 2.24) is 0 Å². The van der Waals surface area contributed by atoms with E-state index in [1.54, 1.807) is 18.2 Å². The molecule has 0 aliphatic rings. The fourth-order valence-electron chi connectivity index (χ4n) is 2.26. The zero-order valence-corrected chi connectivity index (χ0v) is 16.6. The van der Waals surface area contributed by atoms with E-state index >= 15 is 0 Å². The molecule has 0 radical (unpaired) electrons. The summed E-state index contributed by atoms with van der Waals surface area (Å²) in [5.74, 6) is -2.32. The summed E-state index contributed by atoms with van der Waals surface area (Å²) < 4.78 is 5.49. The molecule has 0 unspecified atom stereocenters. The van der Waals surface area contributed by atoms with Gasteiger partial charge in [0.25, 0.3) is 5.69 Å². The molecule has 0 saturated carbocycles. The molecule has 7 nitrogen and oxygen atoms in total. The number of aromatic carboxylic acids is 1. The number of carboxylic acids is 1. The van der Waals surface area contributed by atoms with Gasteiger partial charge in [-0.2, -0.15) is 0 Å². The van der Waals surface area contributed by atoms with Gasteiger partial charge in [0.2, 0.25) is 5.78 Å². The van der Waals surface area contributed by atoms with Crippen molar-refractivity contribution in [3.63, 3.8) is 0 Å². The van der Waals surface area contributed by atoms with E-state index in [0.717, 1.165) is 18.6 Å². The van der Waals surface area contributed by atoms with Gasteiger partial charge >= 0.3 is 29.6 Å². The number of carbonyl (C=O) groups is 2. The molecular formula is C18H16NNaO6. The van der Waals surface area contributed by atoms with Crippen molar-refractivity contribution in [3.8, 4) is 5.75 Å². The second kappa shape index (κ2) is 10.1. The number of carboxylic acid groups (broad SMARTS) is 1. The molecule has 8 heteroatoms. The van der Waals surface area contributed by atoms with Crippen LogP contribution in [-0.4, -0.2) is 23.3 Å². The van der Waals surface area contributed by atoms with Crippen LogP contribution >= 0.6 is 0 Å². The second-order valence-electron chi connectivity index (χ2n) is 5.31. The predicted molar refractivity (Wildman–Crippen MR) is 87.7 cm³/mol. The third kappa shape index (κ3) is 5.14. The number of nitro benzene ring substituents is 1. The van der Waals surface area contributed by atoms with Gasteiger partial charge in [0.15, 0.2) is 0 Å². The van der Waals surface area contributed by atoms with Crippen LogP contribution in [0.2, 0.25) is 0 Å². The molecule has 26 heavy (non-hydrogen) atoms. The Balaban J connectivity index is 0.00000338. The number of rotatable bonds is 8. The Morgan fingerprint density at radius 3 is 2.31 bits per heavy atom. The minimum Gasteiger partial charge on any atom is -0.545 e. The Hall–Kier alpha value is -2.22. The van der Waals surface area contributed by atoms with Crippen molar-refractivity contribution >= 4 is 17.4 Å². The van der Waals surface area contributed by atoms with Gasteiger partial charge < -0.3 is 14.6 Å². The average molecular weight is 365 g/mol. The summed E-state index contributed by atoms with van der Waals surface area (Å²) in [6, 6.07) is 9.93. The molecule has 0 fully saturated rings. The topological polar surface area (TPSA) is 110 Å². The molecule has 0 bridgehead atoms. The van der Waals surface area contributed by atoms with Gasteiger partial charge in [-0.05, 0) is 12.5 Å². The van der Waals surface area contributed by atoms with Crippen LogP contribution < -0.4 is 39.4 Å². The number of unbranched alkanes of at least 4 members (excludes halogenated alkanes) is 1. The van der Waals surface area contributed by atoms with E-state index in [0.29, 0.717) is 6.42 Å². The van der Waals surface area contributed by atoms with E-state index < -0.39 is 27.9 Å². The Labute approximate surface area is 172 Å². The van der Waals surface area contributed by atoms with Crippen LogP contribution in [-0.2, 0) is 0 Å². The van der Waals surface area contributed by atoms with Crippen molar-refractivity contribution < 1.29 is 53.9 Å². The molecule has 0 spiro atoms. The van der Waals surface area contributed by atoms with Gasteiger partial charge in [0.1, 0.15) is 11.3 Å². The molecule has 0 N–H and O–H groups in total. The number of nitro groups is 1. The molecule has 0 saturated heterocycles. The van der Waals surface area contributed by atoms with Gasteiger partial charge in [0, 0.05) is 17.2 Å². The van der Waals surface area contributed by atoms with E-state index in [1.807, 2.05) is 6.92 Å². The fourth-order valence-corrected chi connectivity index (χ4v) is 2.26. The van der Waals surface area contributed by atoms with Crippen LogP contribution in [0.25, 0.3) is 0 Å². The number of carbonyl (C=O) groups excluding carboxylic acids is 2. The Morgan fingerprint density at radius 1 is 1.12 bits per heavy atom. The van der Waals surface area contributed by atoms with Crippen LogP contribution in [0.1, 0.15) is 46.0 Å². The zero-order valence-electron chi connectivity index (χ0n) is 14.6. The summed E-state index contributed by atoms with van der Waals surface area (Å²) in [4.78, 5) is 34.5. The molecule has 2 aromatic carbocycles. The minimum absolute atomic E-state index is 0. The van der Waals surface area contributed by atoms with E-state index in [2.05, 4.69) is 0 Å². The summed E-state index contributed by atoms with van der Waals surface area (Å²) >= 11 is 0. The molecule has 2 rings (SSSR count). The first-order chi connectivity index (χ1) is 12.0. The second-order valence-corrected chi connectivity index (χ2v) is 5.31. The average Bonchev–Trinajstić information content (AvgIpc) is 2.61. The predicted octanol–water partition coefficient (Wildman–Crippen LogP) is -0.628. The van der Waals surface area contributed by atoms with Crippen LogP contribution in [0.15, 0.2) is 42.5 Å². The third-order valence-electron chi connectivity index (χ3n) is 3.53. The molecule has 0 amide bonds. The summed E-state index contributed by atoms with van der Waals surface area (Å²) in [5, 5.41) is 22.5. The molecule has 0 aliphatic heterocycles. The molecule has 0 heterocycles. The normalized spacial score (nSPS) is 9.88. The van der Waals surface area contributed by atoms with Crippen molar-refractivity contribution in [1.29, 1.82) is 0 Å². The Morgan fingerprint density at radius 2 is 1.77 bits per heavy atom. The first-order valence-corrected chi connectivity index (χ1v) is 7.72. The van der Waals surface area contributed by atoms with Gasteiger partial charge in [-0.1, -0.05) is 43.7 Å². The first kappa shape index (κ1) is 21.8. The van der Waals surface area contributed by atoms with Crippen molar-refractivity contribution in [2.45, 2.75) is 19.8 Å². The molecule has 0 aliphatic carbocycles. The molecule has 130 valence electrons. The maximum absolute atomic E-state index is 12.8. The number of ketones is 1. The van der Waals surface area contributed by atoms with Crippen molar-refractivity contribution in [2.24, 2.45) is 0 Å².